The lowest BCUT2D eigenvalue weighted by Crippen LogP contribution is -2.28. The largest absolute Gasteiger partial charge is 0.508 e. The van der Waals surface area contributed by atoms with E-state index in [0.29, 0.717) is 0 Å². The summed E-state index contributed by atoms with van der Waals surface area (Å²) in [7, 11) is 0. The van der Waals surface area contributed by atoms with Gasteiger partial charge >= 0.3 is 0 Å². The van der Waals surface area contributed by atoms with Crippen molar-refractivity contribution < 1.29 is 10.2 Å². The third-order valence-electron chi connectivity index (χ3n) is 18.9. The molecule has 2 N–H and O–H groups in total. The molecule has 0 atom stereocenters. The van der Waals surface area contributed by atoms with Crippen LogP contribution in [0.15, 0.2) is 309 Å². The minimum absolute atomic E-state index is 0.1000. The van der Waals surface area contributed by atoms with Crippen molar-refractivity contribution in [3.8, 4) is 56.0 Å². The highest BCUT2D eigenvalue weighted by atomic mass is 16.3. The Kier molecular flexibility index (Phi) is 14.1. The Morgan fingerprint density at radius 3 is 0.852 bits per heavy atom. The van der Waals surface area contributed by atoms with Crippen LogP contribution in [0.2, 0.25) is 0 Å². The van der Waals surface area contributed by atoms with Gasteiger partial charge in [0.15, 0.2) is 0 Å². The topological polar surface area (TPSA) is 40.5 Å². The Morgan fingerprint density at radius 2 is 0.466 bits per heavy atom. The molecule has 0 heterocycles. The first-order chi connectivity index (χ1) is 43.3. The van der Waals surface area contributed by atoms with Crippen LogP contribution in [0.3, 0.4) is 0 Å². The standard InChI is InChI=1S/C58H38O2.C24H18.2C2H6/c59-47-31-23-39-33-45(29-21-41(39)35-47)57(53-13-5-1-9-49(53)50-10-2-6-14-54(50)57)43-25-17-37(18-26-43)38-19-27-44(28-20-38)58(46-30-22-42-36-48(60)32-24-40(42)34-46)55-15-7-3-11-51(55)52-12-4-8-16-56(52)58;1-24(19-15-14-17-8-2-3-9-18(17)16-19)22-12-6-4-10-20(22)21-11-5-7-13-23(21)24;2*1-2/h1-36,59-60H;2-16H,1H3;2*1-2H3. The van der Waals surface area contributed by atoms with Gasteiger partial charge in [-0.3, -0.25) is 0 Å². The number of hydrogen-bond donors (Lipinski definition) is 2. The lowest BCUT2D eigenvalue weighted by Gasteiger charge is -2.34. The molecule has 0 amide bonds. The highest BCUT2D eigenvalue weighted by molar-refractivity contribution is 5.93. The molecule has 3 aliphatic carbocycles. The Bertz CT molecular complexity index is 4590. The van der Waals surface area contributed by atoms with Crippen LogP contribution >= 0.6 is 0 Å². The van der Waals surface area contributed by atoms with Crippen LogP contribution in [0.4, 0.5) is 0 Å². The predicted molar refractivity (Wildman–Crippen MR) is 369 cm³/mol. The molecule has 0 aromatic heterocycles. The van der Waals surface area contributed by atoms with E-state index in [1.54, 1.807) is 12.1 Å². The van der Waals surface area contributed by atoms with Gasteiger partial charge in [0.05, 0.1) is 10.8 Å². The van der Waals surface area contributed by atoms with Crippen molar-refractivity contribution in [1.82, 2.24) is 0 Å². The maximum absolute atomic E-state index is 10.3. The molecular weight excluding hydrogens is 1060 g/mol. The molecule has 2 nitrogen and oxygen atoms in total. The average Bonchev–Trinajstić information content (AvgIpc) is 1.55. The van der Waals surface area contributed by atoms with Gasteiger partial charge in [0.1, 0.15) is 11.5 Å². The van der Waals surface area contributed by atoms with Crippen molar-refractivity contribution in [1.29, 1.82) is 0 Å². The molecule has 0 radical (unpaired) electrons. The number of phenols is 2. The monoisotopic (exact) mass is 1130 g/mol. The Balaban J connectivity index is 0.000000202. The maximum atomic E-state index is 10.3. The van der Waals surface area contributed by atoms with Crippen molar-refractivity contribution in [3.05, 3.63) is 371 Å². The molecule has 0 fully saturated rings. The van der Waals surface area contributed by atoms with E-state index in [-0.39, 0.29) is 16.9 Å². The number of rotatable bonds is 6. The molecular formula is C86H68O2. The molecule has 0 spiro atoms. The van der Waals surface area contributed by atoms with Gasteiger partial charge in [0.2, 0.25) is 0 Å². The van der Waals surface area contributed by atoms with Crippen molar-refractivity contribution in [2.24, 2.45) is 0 Å². The SMILES string of the molecule is CC.CC.CC1(c2ccc3ccccc3c2)c2ccccc2-c2ccccc21.Oc1ccc2cc(C3(c4ccc(-c5ccc(C6(c7ccc8cc(O)ccc8c7)c7ccccc7-c7ccccc76)cc5)cc4)c4ccccc4-c4ccccc43)ccc2c1. The molecule has 0 unspecified atom stereocenters. The summed E-state index contributed by atoms with van der Waals surface area (Å²) in [6.07, 6.45) is 0. The van der Waals surface area contributed by atoms with Crippen LogP contribution in [0.5, 0.6) is 11.5 Å². The summed E-state index contributed by atoms with van der Waals surface area (Å²) in [5, 5.41) is 27.4. The second kappa shape index (κ2) is 22.4. The summed E-state index contributed by atoms with van der Waals surface area (Å²) in [5.41, 5.74) is 23.0. The predicted octanol–water partition coefficient (Wildman–Crippen LogP) is 22.0. The zero-order valence-electron chi connectivity index (χ0n) is 50.3. The first kappa shape index (κ1) is 55.3. The molecule has 14 aromatic rings. The summed E-state index contributed by atoms with van der Waals surface area (Å²) < 4.78 is 0. The lowest BCUT2D eigenvalue weighted by molar-refractivity contribution is 0.475. The summed E-state index contributed by atoms with van der Waals surface area (Å²) in [5.74, 6) is 0.544. The number of phenolic OH excluding ortho intramolecular Hbond substituents is 2. The maximum Gasteiger partial charge on any atom is 0.116 e. The van der Waals surface area contributed by atoms with E-state index in [1.807, 2.05) is 52.0 Å². The van der Waals surface area contributed by atoms with Crippen molar-refractivity contribution in [2.75, 3.05) is 0 Å². The van der Waals surface area contributed by atoms with Crippen LogP contribution in [0.1, 0.15) is 95.8 Å². The highest BCUT2D eigenvalue weighted by Crippen LogP contribution is 2.59. The number of benzene rings is 14. The van der Waals surface area contributed by atoms with Gasteiger partial charge in [-0.2, -0.15) is 0 Å². The summed E-state index contributed by atoms with van der Waals surface area (Å²) in [6.45, 7) is 10.4. The Labute approximate surface area is 517 Å². The lowest BCUT2D eigenvalue weighted by atomic mass is 9.67. The molecule has 424 valence electrons. The van der Waals surface area contributed by atoms with Gasteiger partial charge in [-0.25, -0.2) is 0 Å². The molecule has 3 aliphatic rings. The van der Waals surface area contributed by atoms with E-state index in [9.17, 15) is 10.2 Å². The number of aromatic hydroxyl groups is 2. The Hall–Kier alpha value is -10.5. The Morgan fingerprint density at radius 1 is 0.216 bits per heavy atom. The minimum Gasteiger partial charge on any atom is -0.508 e. The van der Waals surface area contributed by atoms with Crippen LogP contribution in [-0.2, 0) is 16.2 Å². The van der Waals surface area contributed by atoms with Crippen LogP contribution in [-0.4, -0.2) is 10.2 Å². The van der Waals surface area contributed by atoms with Gasteiger partial charge in [-0.15, -0.1) is 0 Å². The van der Waals surface area contributed by atoms with E-state index in [2.05, 4.69) is 280 Å². The fourth-order valence-corrected chi connectivity index (χ4v) is 15.1. The molecule has 14 aromatic carbocycles. The third kappa shape index (κ3) is 8.53. The zero-order valence-corrected chi connectivity index (χ0v) is 50.3. The second-order valence-corrected chi connectivity index (χ2v) is 23.1. The zero-order chi connectivity index (χ0) is 60.2. The fraction of sp³-hybridized carbons (Fsp3) is 0.0930. The quantitative estimate of drug-likeness (QED) is 0.174. The van der Waals surface area contributed by atoms with Crippen molar-refractivity contribution in [2.45, 2.75) is 50.9 Å². The molecule has 0 saturated heterocycles. The number of fused-ring (bicyclic) bond motifs is 12. The van der Waals surface area contributed by atoms with Crippen LogP contribution < -0.4 is 0 Å². The third-order valence-corrected chi connectivity index (χ3v) is 18.9. The van der Waals surface area contributed by atoms with Gasteiger partial charge < -0.3 is 10.2 Å². The molecule has 88 heavy (non-hydrogen) atoms. The van der Waals surface area contributed by atoms with Gasteiger partial charge in [-0.1, -0.05) is 295 Å². The van der Waals surface area contributed by atoms with Gasteiger partial charge in [0.25, 0.3) is 0 Å². The van der Waals surface area contributed by atoms with E-state index in [1.165, 1.54) is 105 Å². The smallest absolute Gasteiger partial charge is 0.116 e. The average molecular weight is 1130 g/mol. The molecule has 17 rings (SSSR count). The van der Waals surface area contributed by atoms with Gasteiger partial charge in [0, 0.05) is 5.41 Å². The molecule has 0 aliphatic heterocycles. The number of hydrogen-bond acceptors (Lipinski definition) is 2. The highest BCUT2D eigenvalue weighted by Gasteiger charge is 2.48. The molecule has 0 saturated carbocycles. The second-order valence-electron chi connectivity index (χ2n) is 23.1. The summed E-state index contributed by atoms with van der Waals surface area (Å²) in [6, 6.07) is 112. The van der Waals surface area contributed by atoms with Crippen LogP contribution in [0, 0.1) is 0 Å². The van der Waals surface area contributed by atoms with E-state index in [0.717, 1.165) is 32.7 Å². The minimum atomic E-state index is -0.532. The first-order valence-corrected chi connectivity index (χ1v) is 31.1. The van der Waals surface area contributed by atoms with Crippen LogP contribution in [0.25, 0.3) is 76.8 Å². The summed E-state index contributed by atoms with van der Waals surface area (Å²) in [4.78, 5) is 0. The molecule has 2 heteroatoms. The summed E-state index contributed by atoms with van der Waals surface area (Å²) >= 11 is 0. The van der Waals surface area contributed by atoms with Crippen molar-refractivity contribution in [3.63, 3.8) is 0 Å². The first-order valence-electron chi connectivity index (χ1n) is 31.1. The van der Waals surface area contributed by atoms with E-state index < -0.39 is 10.8 Å². The normalized spacial score (nSPS) is 13.6. The van der Waals surface area contributed by atoms with Crippen molar-refractivity contribution >= 4 is 32.3 Å². The van der Waals surface area contributed by atoms with Gasteiger partial charge in [-0.05, 0) is 187 Å². The van der Waals surface area contributed by atoms with E-state index in [4.69, 9.17) is 0 Å². The fourth-order valence-electron chi connectivity index (χ4n) is 15.1. The molecule has 0 bridgehead atoms. The van der Waals surface area contributed by atoms with E-state index >= 15 is 0 Å².